The van der Waals surface area contributed by atoms with Crippen molar-refractivity contribution in [3.63, 3.8) is 0 Å². The van der Waals surface area contributed by atoms with E-state index in [0.29, 0.717) is 17.0 Å². The molecule has 1 atom stereocenters. The molecule has 0 bridgehead atoms. The van der Waals surface area contributed by atoms with E-state index < -0.39 is 17.7 Å². The number of nitrogens with zero attached hydrogens (tertiary/aromatic N) is 1. The first kappa shape index (κ1) is 23.4. The number of halogens is 1. The van der Waals surface area contributed by atoms with Gasteiger partial charge in [-0.05, 0) is 49.7 Å². The Morgan fingerprint density at radius 2 is 1.62 bits per heavy atom. The van der Waals surface area contributed by atoms with E-state index in [9.17, 15) is 14.7 Å². The number of anilines is 1. The molecule has 3 aromatic carbocycles. The molecule has 0 radical (unpaired) electrons. The largest absolute Gasteiger partial charge is 0.507 e. The summed E-state index contributed by atoms with van der Waals surface area (Å²) in [5, 5.41) is 11.8. The minimum atomic E-state index is -0.928. The van der Waals surface area contributed by atoms with Crippen LogP contribution in [0.3, 0.4) is 0 Å². The van der Waals surface area contributed by atoms with Crippen LogP contribution >= 0.6 is 11.6 Å². The Morgan fingerprint density at radius 1 is 0.941 bits per heavy atom. The minimum absolute atomic E-state index is 0.0740. The highest BCUT2D eigenvalue weighted by Crippen LogP contribution is 2.46. The molecule has 1 amide bonds. The molecule has 174 valence electrons. The second-order valence-corrected chi connectivity index (χ2v) is 8.48. The number of carbonyl (C=O) groups is 2. The fourth-order valence-corrected chi connectivity index (χ4v) is 4.60. The number of Topliss-reactive ketones (excluding diaryl/α,β-unsaturated/α-hetero) is 1. The molecule has 1 saturated heterocycles. The summed E-state index contributed by atoms with van der Waals surface area (Å²) in [6, 6.07) is 16.8. The van der Waals surface area contributed by atoms with Gasteiger partial charge in [0.25, 0.3) is 11.7 Å². The maximum absolute atomic E-state index is 13.4. The number of methoxy groups -OCH3 is 2. The quantitative estimate of drug-likeness (QED) is 0.294. The molecule has 0 saturated carbocycles. The Labute approximate surface area is 203 Å². The fourth-order valence-electron chi connectivity index (χ4n) is 4.25. The van der Waals surface area contributed by atoms with Crippen LogP contribution in [0.15, 0.2) is 66.2 Å². The van der Waals surface area contributed by atoms with Crippen molar-refractivity contribution < 1.29 is 24.2 Å². The number of benzene rings is 3. The summed E-state index contributed by atoms with van der Waals surface area (Å²) >= 11 is 6.35. The van der Waals surface area contributed by atoms with Gasteiger partial charge in [-0.25, -0.2) is 0 Å². The van der Waals surface area contributed by atoms with Crippen LogP contribution in [-0.4, -0.2) is 31.0 Å². The van der Waals surface area contributed by atoms with Crippen LogP contribution in [-0.2, 0) is 9.59 Å². The van der Waals surface area contributed by atoms with Crippen LogP contribution < -0.4 is 14.4 Å². The smallest absolute Gasteiger partial charge is 0.300 e. The van der Waals surface area contributed by atoms with Gasteiger partial charge in [0, 0.05) is 11.3 Å². The molecule has 1 N–H and O–H groups in total. The summed E-state index contributed by atoms with van der Waals surface area (Å²) in [6.45, 7) is 3.74. The number of para-hydroxylation sites is 1. The van der Waals surface area contributed by atoms with Crippen LogP contribution in [0.25, 0.3) is 5.76 Å². The lowest BCUT2D eigenvalue weighted by molar-refractivity contribution is -0.132. The molecule has 34 heavy (non-hydrogen) atoms. The highest BCUT2D eigenvalue weighted by Gasteiger charge is 2.48. The summed E-state index contributed by atoms with van der Waals surface area (Å²) in [4.78, 5) is 28.1. The molecular weight excluding hydrogens is 454 g/mol. The van der Waals surface area contributed by atoms with Gasteiger partial charge < -0.3 is 14.6 Å². The lowest BCUT2D eigenvalue weighted by Gasteiger charge is -2.27. The van der Waals surface area contributed by atoms with Gasteiger partial charge in [0.05, 0.1) is 36.4 Å². The lowest BCUT2D eigenvalue weighted by atomic mass is 9.93. The van der Waals surface area contributed by atoms with E-state index >= 15 is 0 Å². The van der Waals surface area contributed by atoms with Gasteiger partial charge in [0.2, 0.25) is 0 Å². The molecule has 7 heteroatoms. The van der Waals surface area contributed by atoms with Crippen LogP contribution in [0.1, 0.15) is 28.3 Å². The molecule has 4 rings (SSSR count). The average Bonchev–Trinajstić information content (AvgIpc) is 3.09. The third-order valence-electron chi connectivity index (χ3n) is 5.84. The number of carbonyl (C=O) groups excluding carboxylic acids is 2. The van der Waals surface area contributed by atoms with Gasteiger partial charge in [-0.15, -0.1) is 0 Å². The molecule has 6 nitrogen and oxygen atoms in total. The predicted molar refractivity (Wildman–Crippen MR) is 132 cm³/mol. The topological polar surface area (TPSA) is 76.1 Å². The molecule has 0 spiro atoms. The van der Waals surface area contributed by atoms with E-state index in [1.54, 1.807) is 48.5 Å². The molecule has 3 aromatic rings. The molecule has 1 heterocycles. The number of amides is 1. The Morgan fingerprint density at radius 3 is 2.26 bits per heavy atom. The minimum Gasteiger partial charge on any atom is -0.507 e. The van der Waals surface area contributed by atoms with Crippen molar-refractivity contribution >= 4 is 34.7 Å². The van der Waals surface area contributed by atoms with E-state index in [4.69, 9.17) is 21.1 Å². The molecule has 0 aromatic heterocycles. The van der Waals surface area contributed by atoms with Crippen molar-refractivity contribution in [2.75, 3.05) is 19.1 Å². The first-order valence-electron chi connectivity index (χ1n) is 10.6. The van der Waals surface area contributed by atoms with Gasteiger partial charge in [-0.2, -0.15) is 0 Å². The highest BCUT2D eigenvalue weighted by atomic mass is 35.5. The van der Waals surface area contributed by atoms with E-state index in [1.165, 1.54) is 19.1 Å². The summed E-state index contributed by atoms with van der Waals surface area (Å²) in [6.07, 6.45) is 0. The molecule has 1 aliphatic heterocycles. The van der Waals surface area contributed by atoms with Gasteiger partial charge in [-0.1, -0.05) is 47.5 Å². The molecule has 1 aliphatic rings. The molecule has 0 aliphatic carbocycles. The number of rotatable bonds is 5. The number of hydrogen-bond acceptors (Lipinski definition) is 5. The first-order chi connectivity index (χ1) is 16.3. The summed E-state index contributed by atoms with van der Waals surface area (Å²) in [5.41, 5.74) is 3.01. The van der Waals surface area contributed by atoms with Gasteiger partial charge in [0.15, 0.2) is 0 Å². The number of ether oxygens (including phenoxy) is 2. The zero-order chi connectivity index (χ0) is 24.6. The van der Waals surface area contributed by atoms with Crippen LogP contribution in [0.4, 0.5) is 5.69 Å². The number of aliphatic hydroxyl groups is 1. The lowest BCUT2D eigenvalue weighted by Crippen LogP contribution is -2.29. The van der Waals surface area contributed by atoms with Crippen molar-refractivity contribution in [3.05, 3.63) is 93.5 Å². The van der Waals surface area contributed by atoms with Crippen molar-refractivity contribution in [2.24, 2.45) is 0 Å². The first-order valence-corrected chi connectivity index (χ1v) is 11.0. The van der Waals surface area contributed by atoms with E-state index in [2.05, 4.69) is 0 Å². The third-order valence-corrected chi connectivity index (χ3v) is 6.12. The molecule has 1 fully saturated rings. The number of aliphatic hydroxyl groups excluding tert-OH is 1. The van der Waals surface area contributed by atoms with Gasteiger partial charge in [-0.3, -0.25) is 14.5 Å². The Kier molecular flexibility index (Phi) is 6.35. The van der Waals surface area contributed by atoms with Crippen molar-refractivity contribution in [2.45, 2.75) is 19.9 Å². The zero-order valence-electron chi connectivity index (χ0n) is 19.3. The monoisotopic (exact) mass is 477 g/mol. The van der Waals surface area contributed by atoms with Crippen LogP contribution in [0.2, 0.25) is 5.02 Å². The van der Waals surface area contributed by atoms with Crippen molar-refractivity contribution in [1.29, 1.82) is 0 Å². The Hall–Kier alpha value is -3.77. The second kappa shape index (κ2) is 9.23. The number of aryl methyl sites for hydroxylation is 2. The average molecular weight is 478 g/mol. The predicted octanol–water partition coefficient (Wildman–Crippen LogP) is 5.60. The normalized spacial score (nSPS) is 17.2. The standard InChI is InChI=1S/C27H24ClNO5/c1-15-9-11-17(12-10-15)29-23(18-7-5-6-8-21(18)33-3)22(25(31)27(29)32)24(30)19-13-16(2)14-20(28)26(19)34-4/h5-14,23,30H,1-4H3/b24-22+. The SMILES string of the molecule is COc1ccccc1C1/C(=C(\O)c2cc(C)cc(Cl)c2OC)C(=O)C(=O)N1c1ccc(C)cc1. The fraction of sp³-hybridized carbons (Fsp3) is 0.185. The summed E-state index contributed by atoms with van der Waals surface area (Å²) in [5.74, 6) is -1.24. The third kappa shape index (κ3) is 3.90. The van der Waals surface area contributed by atoms with E-state index in [-0.39, 0.29) is 27.7 Å². The van der Waals surface area contributed by atoms with E-state index in [0.717, 1.165) is 11.1 Å². The molecular formula is C27H24ClNO5. The highest BCUT2D eigenvalue weighted by molar-refractivity contribution is 6.51. The number of ketones is 1. The summed E-state index contributed by atoms with van der Waals surface area (Å²) < 4.78 is 11.0. The Bertz CT molecular complexity index is 1310. The Balaban J connectivity index is 2.04. The van der Waals surface area contributed by atoms with Crippen molar-refractivity contribution in [1.82, 2.24) is 0 Å². The summed E-state index contributed by atoms with van der Waals surface area (Å²) in [7, 11) is 2.94. The van der Waals surface area contributed by atoms with E-state index in [1.807, 2.05) is 26.0 Å². The molecule has 1 unspecified atom stereocenters. The maximum Gasteiger partial charge on any atom is 0.300 e. The van der Waals surface area contributed by atoms with Gasteiger partial charge in [0.1, 0.15) is 17.3 Å². The van der Waals surface area contributed by atoms with Crippen molar-refractivity contribution in [3.8, 4) is 11.5 Å². The van der Waals surface area contributed by atoms with Gasteiger partial charge >= 0.3 is 0 Å². The zero-order valence-corrected chi connectivity index (χ0v) is 20.0. The van der Waals surface area contributed by atoms with Crippen LogP contribution in [0, 0.1) is 13.8 Å². The maximum atomic E-state index is 13.4. The van der Waals surface area contributed by atoms with Crippen LogP contribution in [0.5, 0.6) is 11.5 Å². The number of hydrogen-bond donors (Lipinski definition) is 1. The second-order valence-electron chi connectivity index (χ2n) is 8.07.